The van der Waals surface area contributed by atoms with Crippen LogP contribution in [0.25, 0.3) is 0 Å². The molecule has 3 heteroatoms. The van der Waals surface area contributed by atoms with Crippen molar-refractivity contribution in [3.63, 3.8) is 0 Å². The summed E-state index contributed by atoms with van der Waals surface area (Å²) in [6.07, 6.45) is 13.3. The Morgan fingerprint density at radius 2 is 2.00 bits per heavy atom. The molecule has 1 aliphatic rings. The minimum atomic E-state index is 0.635. The van der Waals surface area contributed by atoms with E-state index in [-0.39, 0.29) is 0 Å². The fourth-order valence-electron chi connectivity index (χ4n) is 3.06. The highest BCUT2D eigenvalue weighted by atomic mass is 15.2. The maximum absolute atomic E-state index is 4.44. The van der Waals surface area contributed by atoms with Gasteiger partial charge in [0.15, 0.2) is 0 Å². The Bertz CT molecular complexity index is 337. The van der Waals surface area contributed by atoms with Gasteiger partial charge in [0.25, 0.3) is 0 Å². The summed E-state index contributed by atoms with van der Waals surface area (Å²) in [5.74, 6) is 2.04. The normalized spacial score (nSPS) is 24.1. The van der Waals surface area contributed by atoms with E-state index in [2.05, 4.69) is 34.9 Å². The number of aromatic nitrogens is 2. The fourth-order valence-corrected chi connectivity index (χ4v) is 3.06. The van der Waals surface area contributed by atoms with Crippen molar-refractivity contribution in [1.29, 1.82) is 0 Å². The van der Waals surface area contributed by atoms with Gasteiger partial charge in [-0.05, 0) is 38.0 Å². The lowest BCUT2D eigenvalue weighted by atomic mass is 9.83. The third-order valence-electron chi connectivity index (χ3n) is 4.06. The van der Waals surface area contributed by atoms with Crippen LogP contribution in [-0.4, -0.2) is 15.6 Å². The SMILES string of the molecule is CCCC1CCC(Nc2nccn2CCC)CC1. The molecule has 1 aliphatic carbocycles. The van der Waals surface area contributed by atoms with E-state index in [0.29, 0.717) is 6.04 Å². The Balaban J connectivity index is 1.82. The molecule has 3 nitrogen and oxygen atoms in total. The molecule has 1 aromatic heterocycles. The summed E-state index contributed by atoms with van der Waals surface area (Å²) < 4.78 is 2.23. The third-order valence-corrected chi connectivity index (χ3v) is 4.06. The van der Waals surface area contributed by atoms with Crippen LogP contribution in [0.4, 0.5) is 5.95 Å². The lowest BCUT2D eigenvalue weighted by Crippen LogP contribution is -2.27. The molecule has 0 spiro atoms. The number of nitrogens with zero attached hydrogens (tertiary/aromatic N) is 2. The third kappa shape index (κ3) is 3.50. The van der Waals surface area contributed by atoms with Crippen LogP contribution in [0.15, 0.2) is 12.4 Å². The van der Waals surface area contributed by atoms with Crippen molar-refractivity contribution in [2.24, 2.45) is 5.92 Å². The Morgan fingerprint density at radius 3 is 2.67 bits per heavy atom. The molecule has 18 heavy (non-hydrogen) atoms. The molecule has 1 aromatic rings. The molecule has 0 aromatic carbocycles. The van der Waals surface area contributed by atoms with Gasteiger partial charge >= 0.3 is 0 Å². The molecule has 2 rings (SSSR count). The van der Waals surface area contributed by atoms with Crippen molar-refractivity contribution in [3.05, 3.63) is 12.4 Å². The standard InChI is InChI=1S/C15H27N3/c1-3-5-13-6-8-14(9-7-13)17-15-16-10-12-18(15)11-4-2/h10,12-14H,3-9,11H2,1-2H3,(H,16,17). The first-order valence-electron chi connectivity index (χ1n) is 7.61. The number of nitrogens with one attached hydrogen (secondary N) is 1. The topological polar surface area (TPSA) is 29.9 Å². The number of anilines is 1. The van der Waals surface area contributed by atoms with Crippen molar-refractivity contribution in [2.75, 3.05) is 5.32 Å². The van der Waals surface area contributed by atoms with Crippen LogP contribution in [-0.2, 0) is 6.54 Å². The molecule has 102 valence electrons. The highest BCUT2D eigenvalue weighted by Crippen LogP contribution is 2.29. The first-order valence-corrected chi connectivity index (χ1v) is 7.61. The molecule has 0 aliphatic heterocycles. The van der Waals surface area contributed by atoms with Gasteiger partial charge in [0, 0.05) is 25.0 Å². The summed E-state index contributed by atoms with van der Waals surface area (Å²) in [5, 5.41) is 3.63. The number of hydrogen-bond acceptors (Lipinski definition) is 2. The smallest absolute Gasteiger partial charge is 0.202 e. The molecule has 1 N–H and O–H groups in total. The predicted octanol–water partition coefficient (Wildman–Crippen LogP) is 4.06. The van der Waals surface area contributed by atoms with Gasteiger partial charge in [-0.15, -0.1) is 0 Å². The van der Waals surface area contributed by atoms with Gasteiger partial charge in [-0.1, -0.05) is 26.7 Å². The van der Waals surface area contributed by atoms with E-state index in [1.165, 1.54) is 38.5 Å². The molecule has 0 atom stereocenters. The van der Waals surface area contributed by atoms with Crippen LogP contribution in [0, 0.1) is 5.92 Å². The van der Waals surface area contributed by atoms with E-state index in [1.807, 2.05) is 6.20 Å². The van der Waals surface area contributed by atoms with E-state index in [4.69, 9.17) is 0 Å². The molecule has 0 bridgehead atoms. The zero-order chi connectivity index (χ0) is 12.8. The van der Waals surface area contributed by atoms with Crippen LogP contribution < -0.4 is 5.32 Å². The van der Waals surface area contributed by atoms with E-state index < -0.39 is 0 Å². The highest BCUT2D eigenvalue weighted by molar-refractivity contribution is 5.27. The molecule has 0 unspecified atom stereocenters. The summed E-state index contributed by atoms with van der Waals surface area (Å²) in [5.41, 5.74) is 0. The Kier molecular flexibility index (Phi) is 5.09. The average molecular weight is 249 g/mol. The highest BCUT2D eigenvalue weighted by Gasteiger charge is 2.21. The van der Waals surface area contributed by atoms with Gasteiger partial charge in [0.2, 0.25) is 5.95 Å². The van der Waals surface area contributed by atoms with Gasteiger partial charge in [0.05, 0.1) is 0 Å². The molecule has 1 saturated carbocycles. The van der Waals surface area contributed by atoms with Crippen LogP contribution in [0.3, 0.4) is 0 Å². The molecular weight excluding hydrogens is 222 g/mol. The van der Waals surface area contributed by atoms with E-state index in [1.54, 1.807) is 0 Å². The molecule has 0 amide bonds. The summed E-state index contributed by atoms with van der Waals surface area (Å²) in [7, 11) is 0. The summed E-state index contributed by atoms with van der Waals surface area (Å²) >= 11 is 0. The maximum atomic E-state index is 4.44. The van der Waals surface area contributed by atoms with Crippen molar-refractivity contribution < 1.29 is 0 Å². The zero-order valence-electron chi connectivity index (χ0n) is 11.9. The molecule has 0 saturated heterocycles. The van der Waals surface area contributed by atoms with Crippen LogP contribution in [0.5, 0.6) is 0 Å². The molecule has 0 radical (unpaired) electrons. The second-order valence-corrected chi connectivity index (χ2v) is 5.59. The van der Waals surface area contributed by atoms with E-state index in [0.717, 1.165) is 24.8 Å². The average Bonchev–Trinajstić information content (AvgIpc) is 2.80. The maximum Gasteiger partial charge on any atom is 0.202 e. The van der Waals surface area contributed by atoms with Gasteiger partial charge in [-0.25, -0.2) is 4.98 Å². The number of aryl methyl sites for hydroxylation is 1. The van der Waals surface area contributed by atoms with Gasteiger partial charge in [0.1, 0.15) is 0 Å². The summed E-state index contributed by atoms with van der Waals surface area (Å²) in [6.45, 7) is 5.57. The molecule has 1 heterocycles. The van der Waals surface area contributed by atoms with Crippen molar-refractivity contribution in [1.82, 2.24) is 9.55 Å². The van der Waals surface area contributed by atoms with Gasteiger partial charge in [-0.2, -0.15) is 0 Å². The monoisotopic (exact) mass is 249 g/mol. The minimum Gasteiger partial charge on any atom is -0.353 e. The number of rotatable bonds is 6. The quantitative estimate of drug-likeness (QED) is 0.824. The number of imidazole rings is 1. The van der Waals surface area contributed by atoms with Gasteiger partial charge < -0.3 is 9.88 Å². The first-order chi connectivity index (χ1) is 8.83. The Labute approximate surface area is 111 Å². The fraction of sp³-hybridized carbons (Fsp3) is 0.800. The lowest BCUT2D eigenvalue weighted by Gasteiger charge is -2.29. The Morgan fingerprint density at radius 1 is 1.22 bits per heavy atom. The Hall–Kier alpha value is -0.990. The first kappa shape index (κ1) is 13.4. The molecule has 1 fully saturated rings. The summed E-state index contributed by atoms with van der Waals surface area (Å²) in [4.78, 5) is 4.44. The second-order valence-electron chi connectivity index (χ2n) is 5.59. The largest absolute Gasteiger partial charge is 0.353 e. The van der Waals surface area contributed by atoms with Crippen LogP contribution in [0.2, 0.25) is 0 Å². The van der Waals surface area contributed by atoms with Crippen molar-refractivity contribution >= 4 is 5.95 Å². The minimum absolute atomic E-state index is 0.635. The van der Waals surface area contributed by atoms with Crippen LogP contribution in [0.1, 0.15) is 58.8 Å². The van der Waals surface area contributed by atoms with Crippen molar-refractivity contribution in [3.8, 4) is 0 Å². The van der Waals surface area contributed by atoms with E-state index >= 15 is 0 Å². The van der Waals surface area contributed by atoms with Crippen molar-refractivity contribution in [2.45, 2.75) is 71.4 Å². The van der Waals surface area contributed by atoms with Gasteiger partial charge in [-0.3, -0.25) is 0 Å². The lowest BCUT2D eigenvalue weighted by molar-refractivity contribution is 0.318. The zero-order valence-corrected chi connectivity index (χ0v) is 11.9. The van der Waals surface area contributed by atoms with Crippen LogP contribution >= 0.6 is 0 Å². The van der Waals surface area contributed by atoms with E-state index in [9.17, 15) is 0 Å². The molecular formula is C15H27N3. The summed E-state index contributed by atoms with van der Waals surface area (Å²) in [6, 6.07) is 0.635. The predicted molar refractivity (Wildman–Crippen MR) is 76.8 cm³/mol. The number of hydrogen-bond donors (Lipinski definition) is 1. The second kappa shape index (κ2) is 6.81.